The Morgan fingerprint density at radius 3 is 2.71 bits per heavy atom. The molecule has 94 valence electrons. The van der Waals surface area contributed by atoms with E-state index in [0.717, 1.165) is 6.07 Å². The minimum absolute atomic E-state index is 0.106. The van der Waals surface area contributed by atoms with Gasteiger partial charge in [-0.3, -0.25) is 0 Å². The molecule has 2 rings (SSSR count). The van der Waals surface area contributed by atoms with Gasteiger partial charge in [0.05, 0.1) is 5.02 Å². The lowest BCUT2D eigenvalue weighted by Gasteiger charge is -2.17. The van der Waals surface area contributed by atoms with Gasteiger partial charge in [0.1, 0.15) is 10.7 Å². The van der Waals surface area contributed by atoms with Crippen molar-refractivity contribution in [3.8, 4) is 0 Å². The molecule has 1 aliphatic rings. The highest BCUT2D eigenvalue weighted by Gasteiger charge is 2.34. The standard InChI is InChI=1S/C10H12ClFN2O2S/c11-8-2-1-3-9(12)10(8)17(15,16)14-5-4-7(13)6-14/h1-3,7H,4-6,13H2/t7-/m1/s1. The maximum absolute atomic E-state index is 13.6. The molecule has 1 atom stereocenters. The van der Waals surface area contributed by atoms with Gasteiger partial charge in [0, 0.05) is 19.1 Å². The van der Waals surface area contributed by atoms with Crippen molar-refractivity contribution >= 4 is 21.6 Å². The first kappa shape index (κ1) is 12.8. The van der Waals surface area contributed by atoms with Gasteiger partial charge < -0.3 is 5.73 Å². The van der Waals surface area contributed by atoms with Crippen molar-refractivity contribution in [1.29, 1.82) is 0 Å². The third kappa shape index (κ3) is 2.30. The number of rotatable bonds is 2. The molecule has 1 aromatic carbocycles. The van der Waals surface area contributed by atoms with Gasteiger partial charge in [-0.2, -0.15) is 4.31 Å². The second kappa shape index (κ2) is 4.53. The van der Waals surface area contributed by atoms with Gasteiger partial charge in [0.2, 0.25) is 10.0 Å². The maximum Gasteiger partial charge on any atom is 0.247 e. The van der Waals surface area contributed by atoms with Crippen LogP contribution in [0.2, 0.25) is 5.02 Å². The van der Waals surface area contributed by atoms with E-state index in [0.29, 0.717) is 13.0 Å². The summed E-state index contributed by atoms with van der Waals surface area (Å²) in [5.74, 6) is -0.835. The van der Waals surface area contributed by atoms with Crippen molar-refractivity contribution in [3.63, 3.8) is 0 Å². The van der Waals surface area contributed by atoms with Gasteiger partial charge in [0.25, 0.3) is 0 Å². The summed E-state index contributed by atoms with van der Waals surface area (Å²) >= 11 is 5.75. The van der Waals surface area contributed by atoms with Gasteiger partial charge >= 0.3 is 0 Å². The number of nitrogens with zero attached hydrogens (tertiary/aromatic N) is 1. The Kier molecular flexibility index (Phi) is 3.40. The minimum Gasteiger partial charge on any atom is -0.326 e. The smallest absolute Gasteiger partial charge is 0.247 e. The van der Waals surface area contributed by atoms with Gasteiger partial charge in [-0.1, -0.05) is 17.7 Å². The molecule has 0 amide bonds. The second-order valence-corrected chi connectivity index (χ2v) is 6.24. The normalized spacial score (nSPS) is 21.9. The number of sulfonamides is 1. The van der Waals surface area contributed by atoms with Crippen LogP contribution in [0.1, 0.15) is 6.42 Å². The zero-order valence-corrected chi connectivity index (χ0v) is 10.5. The fraction of sp³-hybridized carbons (Fsp3) is 0.400. The first-order valence-corrected chi connectivity index (χ1v) is 6.94. The van der Waals surface area contributed by atoms with Crippen LogP contribution in [0.15, 0.2) is 23.1 Å². The van der Waals surface area contributed by atoms with Crippen LogP contribution in [0.5, 0.6) is 0 Å². The number of hydrogen-bond donors (Lipinski definition) is 1. The lowest BCUT2D eigenvalue weighted by molar-refractivity contribution is 0.465. The highest BCUT2D eigenvalue weighted by Crippen LogP contribution is 2.28. The molecule has 0 aliphatic carbocycles. The first-order valence-electron chi connectivity index (χ1n) is 5.12. The largest absolute Gasteiger partial charge is 0.326 e. The average Bonchev–Trinajstić information content (AvgIpc) is 2.64. The molecule has 0 aromatic heterocycles. The van der Waals surface area contributed by atoms with Crippen LogP contribution in [0.4, 0.5) is 4.39 Å². The fourth-order valence-corrected chi connectivity index (χ4v) is 3.91. The molecule has 17 heavy (non-hydrogen) atoms. The lowest BCUT2D eigenvalue weighted by Crippen LogP contribution is -2.32. The number of hydrogen-bond acceptors (Lipinski definition) is 3. The molecular weight excluding hydrogens is 267 g/mol. The number of benzene rings is 1. The summed E-state index contributed by atoms with van der Waals surface area (Å²) in [4.78, 5) is -0.462. The zero-order valence-electron chi connectivity index (χ0n) is 8.94. The Balaban J connectivity index is 2.45. The van der Waals surface area contributed by atoms with Crippen LogP contribution in [0.3, 0.4) is 0 Å². The third-order valence-corrected chi connectivity index (χ3v) is 5.07. The topological polar surface area (TPSA) is 63.4 Å². The zero-order chi connectivity index (χ0) is 12.6. The molecule has 0 saturated carbocycles. The fourth-order valence-electron chi connectivity index (χ4n) is 1.83. The van der Waals surface area contributed by atoms with Crippen molar-refractivity contribution in [2.24, 2.45) is 5.73 Å². The van der Waals surface area contributed by atoms with Gasteiger partial charge in [-0.25, -0.2) is 12.8 Å². The molecule has 7 heteroatoms. The highest BCUT2D eigenvalue weighted by atomic mass is 35.5. The molecular formula is C10H12ClFN2O2S. The summed E-state index contributed by atoms with van der Waals surface area (Å²) in [7, 11) is -3.89. The molecule has 0 bridgehead atoms. The van der Waals surface area contributed by atoms with E-state index in [1.807, 2.05) is 0 Å². The van der Waals surface area contributed by atoms with Gasteiger partial charge in [0.15, 0.2) is 0 Å². The summed E-state index contributed by atoms with van der Waals surface area (Å²) in [6.45, 7) is 0.501. The summed E-state index contributed by atoms with van der Waals surface area (Å²) < 4.78 is 39.1. The molecule has 1 fully saturated rings. The number of nitrogens with two attached hydrogens (primary N) is 1. The third-order valence-electron chi connectivity index (χ3n) is 2.70. The summed E-state index contributed by atoms with van der Waals surface area (Å²) in [6.07, 6.45) is 0.575. The van der Waals surface area contributed by atoms with E-state index in [1.165, 1.54) is 16.4 Å². The van der Waals surface area contributed by atoms with E-state index < -0.39 is 20.7 Å². The van der Waals surface area contributed by atoms with Gasteiger partial charge in [-0.05, 0) is 18.6 Å². The minimum atomic E-state index is -3.89. The summed E-state index contributed by atoms with van der Waals surface area (Å²) in [5.41, 5.74) is 5.64. The number of halogens is 2. The molecule has 4 nitrogen and oxygen atoms in total. The lowest BCUT2D eigenvalue weighted by atomic mass is 10.3. The van der Waals surface area contributed by atoms with Gasteiger partial charge in [-0.15, -0.1) is 0 Å². The Labute approximate surface area is 104 Å². The van der Waals surface area contributed by atoms with Crippen molar-refractivity contribution < 1.29 is 12.8 Å². The van der Waals surface area contributed by atoms with Crippen molar-refractivity contribution in [2.45, 2.75) is 17.4 Å². The van der Waals surface area contributed by atoms with E-state index in [4.69, 9.17) is 17.3 Å². The molecule has 0 unspecified atom stereocenters. The highest BCUT2D eigenvalue weighted by molar-refractivity contribution is 7.89. The van der Waals surface area contributed by atoms with E-state index in [9.17, 15) is 12.8 Å². The Hall–Kier alpha value is -0.690. The Morgan fingerprint density at radius 2 is 2.18 bits per heavy atom. The van der Waals surface area contributed by atoms with Crippen LogP contribution < -0.4 is 5.73 Å². The quantitative estimate of drug-likeness (QED) is 0.884. The molecule has 0 spiro atoms. The van der Waals surface area contributed by atoms with Crippen molar-refractivity contribution in [3.05, 3.63) is 29.0 Å². The Morgan fingerprint density at radius 1 is 1.47 bits per heavy atom. The van der Waals surface area contributed by atoms with Crippen LogP contribution in [0, 0.1) is 5.82 Å². The van der Waals surface area contributed by atoms with Crippen molar-refractivity contribution in [2.75, 3.05) is 13.1 Å². The maximum atomic E-state index is 13.6. The monoisotopic (exact) mass is 278 g/mol. The molecule has 1 saturated heterocycles. The second-order valence-electron chi connectivity index (χ2n) is 3.96. The van der Waals surface area contributed by atoms with E-state index >= 15 is 0 Å². The van der Waals surface area contributed by atoms with E-state index in [2.05, 4.69) is 0 Å². The van der Waals surface area contributed by atoms with Crippen LogP contribution in [-0.4, -0.2) is 31.9 Å². The summed E-state index contributed by atoms with van der Waals surface area (Å²) in [5, 5.41) is -0.106. The molecule has 1 heterocycles. The van der Waals surface area contributed by atoms with Crippen LogP contribution in [-0.2, 0) is 10.0 Å². The van der Waals surface area contributed by atoms with E-state index in [1.54, 1.807) is 0 Å². The molecule has 0 radical (unpaired) electrons. The first-order chi connectivity index (χ1) is 7.93. The van der Waals surface area contributed by atoms with Crippen LogP contribution >= 0.6 is 11.6 Å². The average molecular weight is 279 g/mol. The SMILES string of the molecule is N[C@@H]1CCN(S(=O)(=O)c2c(F)cccc2Cl)C1. The van der Waals surface area contributed by atoms with E-state index in [-0.39, 0.29) is 17.6 Å². The predicted molar refractivity (Wildman–Crippen MR) is 62.8 cm³/mol. The molecule has 2 N–H and O–H groups in total. The van der Waals surface area contributed by atoms with Crippen molar-refractivity contribution in [1.82, 2.24) is 4.31 Å². The Bertz CT molecular complexity index is 515. The molecule has 1 aromatic rings. The molecule has 1 aliphatic heterocycles. The predicted octanol–water partition coefficient (Wildman–Crippen LogP) is 1.20. The summed E-state index contributed by atoms with van der Waals surface area (Å²) in [6, 6.07) is 3.60. The van der Waals surface area contributed by atoms with Crippen LogP contribution in [0.25, 0.3) is 0 Å².